The van der Waals surface area contributed by atoms with E-state index in [9.17, 15) is 10.1 Å². The third-order valence-corrected chi connectivity index (χ3v) is 3.85. The molecule has 0 radical (unpaired) electrons. The molecule has 1 aliphatic rings. The number of likely N-dealkylation sites (N-methyl/N-ethyl adjacent to an activating group) is 1. The molecule has 0 saturated heterocycles. The number of nitriles is 1. The monoisotopic (exact) mass is 251 g/mol. The van der Waals surface area contributed by atoms with Gasteiger partial charge in [-0.1, -0.05) is 13.8 Å². The van der Waals surface area contributed by atoms with Crippen LogP contribution in [0.1, 0.15) is 39.5 Å². The summed E-state index contributed by atoms with van der Waals surface area (Å²) in [5, 5.41) is 12.0. The van der Waals surface area contributed by atoms with Gasteiger partial charge in [-0.25, -0.2) is 0 Å². The van der Waals surface area contributed by atoms with Gasteiger partial charge in [-0.15, -0.1) is 0 Å². The van der Waals surface area contributed by atoms with E-state index in [0.717, 1.165) is 32.2 Å². The molecule has 0 spiro atoms. The first-order valence-corrected chi connectivity index (χ1v) is 6.96. The zero-order valence-corrected chi connectivity index (χ0v) is 11.8. The normalized spacial score (nSPS) is 27.8. The molecule has 18 heavy (non-hydrogen) atoms. The van der Waals surface area contributed by atoms with Crippen molar-refractivity contribution < 1.29 is 4.79 Å². The van der Waals surface area contributed by atoms with Gasteiger partial charge in [0.15, 0.2) is 0 Å². The largest absolute Gasteiger partial charge is 0.358 e. The zero-order chi connectivity index (χ0) is 13.5. The fourth-order valence-corrected chi connectivity index (χ4v) is 2.82. The molecule has 4 heteroatoms. The van der Waals surface area contributed by atoms with Crippen LogP contribution in [0.5, 0.6) is 0 Å². The van der Waals surface area contributed by atoms with E-state index in [2.05, 4.69) is 30.1 Å². The number of hydrogen-bond donors (Lipinski definition) is 1. The van der Waals surface area contributed by atoms with E-state index in [1.807, 2.05) is 0 Å². The van der Waals surface area contributed by atoms with Gasteiger partial charge in [-0.2, -0.15) is 5.26 Å². The molecular weight excluding hydrogens is 226 g/mol. The molecule has 1 rings (SSSR count). The highest BCUT2D eigenvalue weighted by Gasteiger charge is 2.33. The first kappa shape index (κ1) is 15.0. The number of hydrogen-bond acceptors (Lipinski definition) is 3. The average Bonchev–Trinajstić information content (AvgIpc) is 2.38. The summed E-state index contributed by atoms with van der Waals surface area (Å²) < 4.78 is 0. The molecular formula is C14H25N3O. The fourth-order valence-electron chi connectivity index (χ4n) is 2.82. The van der Waals surface area contributed by atoms with Crippen molar-refractivity contribution in [2.24, 2.45) is 11.8 Å². The van der Waals surface area contributed by atoms with E-state index in [1.165, 1.54) is 0 Å². The highest BCUT2D eigenvalue weighted by Crippen LogP contribution is 2.31. The summed E-state index contributed by atoms with van der Waals surface area (Å²) in [4.78, 5) is 13.8. The molecule has 1 aliphatic carbocycles. The maximum atomic E-state index is 11.6. The first-order valence-electron chi connectivity index (χ1n) is 6.96. The van der Waals surface area contributed by atoms with E-state index in [-0.39, 0.29) is 17.9 Å². The quantitative estimate of drug-likeness (QED) is 0.810. The Balaban J connectivity index is 2.74. The second-order valence-electron chi connectivity index (χ2n) is 5.36. The van der Waals surface area contributed by atoms with Crippen LogP contribution in [0.15, 0.2) is 0 Å². The van der Waals surface area contributed by atoms with Crippen molar-refractivity contribution in [3.8, 4) is 6.07 Å². The standard InChI is InChI=1S/C14H25N3O/c1-4-7-17(10-14(18)16-3)13-8-11(2)5-6-12(13)9-15/h11-13H,4-8,10H2,1-3H3,(H,16,18). The van der Waals surface area contributed by atoms with Crippen molar-refractivity contribution in [3.63, 3.8) is 0 Å². The van der Waals surface area contributed by atoms with Gasteiger partial charge in [-0.05, 0) is 38.1 Å². The molecule has 0 aromatic carbocycles. The molecule has 0 heterocycles. The number of rotatable bonds is 5. The molecule has 0 aliphatic heterocycles. The van der Waals surface area contributed by atoms with Crippen molar-refractivity contribution in [2.75, 3.05) is 20.1 Å². The van der Waals surface area contributed by atoms with Crippen LogP contribution in [0.2, 0.25) is 0 Å². The number of amides is 1. The minimum atomic E-state index is 0.0402. The van der Waals surface area contributed by atoms with E-state index in [0.29, 0.717) is 12.5 Å². The number of nitrogens with one attached hydrogen (secondary N) is 1. The Morgan fingerprint density at radius 2 is 2.22 bits per heavy atom. The Morgan fingerprint density at radius 3 is 2.78 bits per heavy atom. The average molecular weight is 251 g/mol. The molecule has 1 fully saturated rings. The molecule has 3 atom stereocenters. The van der Waals surface area contributed by atoms with Gasteiger partial charge < -0.3 is 5.32 Å². The van der Waals surface area contributed by atoms with Gasteiger partial charge in [-0.3, -0.25) is 9.69 Å². The molecule has 0 bridgehead atoms. The van der Waals surface area contributed by atoms with E-state index in [4.69, 9.17) is 0 Å². The lowest BCUT2D eigenvalue weighted by molar-refractivity contribution is -0.122. The molecule has 0 aromatic heterocycles. The second-order valence-corrected chi connectivity index (χ2v) is 5.36. The van der Waals surface area contributed by atoms with Crippen LogP contribution >= 0.6 is 0 Å². The van der Waals surface area contributed by atoms with E-state index >= 15 is 0 Å². The smallest absolute Gasteiger partial charge is 0.233 e. The predicted molar refractivity (Wildman–Crippen MR) is 71.8 cm³/mol. The number of nitrogens with zero attached hydrogens (tertiary/aromatic N) is 2. The minimum absolute atomic E-state index is 0.0402. The summed E-state index contributed by atoms with van der Waals surface area (Å²) in [6, 6.07) is 2.68. The summed E-state index contributed by atoms with van der Waals surface area (Å²) >= 11 is 0. The minimum Gasteiger partial charge on any atom is -0.358 e. The maximum Gasteiger partial charge on any atom is 0.233 e. The molecule has 4 nitrogen and oxygen atoms in total. The van der Waals surface area contributed by atoms with Crippen LogP contribution in [0.4, 0.5) is 0 Å². The van der Waals surface area contributed by atoms with Crippen LogP contribution in [0.25, 0.3) is 0 Å². The van der Waals surface area contributed by atoms with E-state index < -0.39 is 0 Å². The Bertz CT molecular complexity index is 311. The first-order chi connectivity index (χ1) is 8.62. The third-order valence-electron chi connectivity index (χ3n) is 3.85. The predicted octanol–water partition coefficient (Wildman–Crippen LogP) is 1.77. The lowest BCUT2D eigenvalue weighted by Gasteiger charge is -2.39. The zero-order valence-electron chi connectivity index (χ0n) is 11.8. The van der Waals surface area contributed by atoms with Crippen LogP contribution in [0, 0.1) is 23.2 Å². The third kappa shape index (κ3) is 3.99. The molecule has 102 valence electrons. The highest BCUT2D eigenvalue weighted by atomic mass is 16.1. The van der Waals surface area contributed by atoms with Gasteiger partial charge >= 0.3 is 0 Å². The second kappa shape index (κ2) is 7.38. The summed E-state index contributed by atoms with van der Waals surface area (Å²) in [5.41, 5.74) is 0. The van der Waals surface area contributed by atoms with Crippen LogP contribution in [-0.4, -0.2) is 37.0 Å². The van der Waals surface area contributed by atoms with Crippen LogP contribution in [0.3, 0.4) is 0 Å². The van der Waals surface area contributed by atoms with Crippen molar-refractivity contribution in [1.82, 2.24) is 10.2 Å². The molecule has 1 N–H and O–H groups in total. The van der Waals surface area contributed by atoms with Crippen LogP contribution in [-0.2, 0) is 4.79 Å². The van der Waals surface area contributed by atoms with Gasteiger partial charge in [0.05, 0.1) is 18.5 Å². The summed E-state index contributed by atoms with van der Waals surface area (Å²) in [6.07, 6.45) is 4.15. The van der Waals surface area contributed by atoms with Gasteiger partial charge in [0.1, 0.15) is 0 Å². The lowest BCUT2D eigenvalue weighted by Crippen LogP contribution is -2.48. The highest BCUT2D eigenvalue weighted by molar-refractivity contribution is 5.77. The Kier molecular flexibility index (Phi) is 6.14. The maximum absolute atomic E-state index is 11.6. The Hall–Kier alpha value is -1.08. The lowest BCUT2D eigenvalue weighted by atomic mass is 9.79. The van der Waals surface area contributed by atoms with Crippen molar-refractivity contribution in [2.45, 2.75) is 45.6 Å². The van der Waals surface area contributed by atoms with Crippen molar-refractivity contribution in [1.29, 1.82) is 5.26 Å². The van der Waals surface area contributed by atoms with Gasteiger partial charge in [0.2, 0.25) is 5.91 Å². The number of carbonyl (C=O) groups is 1. The van der Waals surface area contributed by atoms with Gasteiger partial charge in [0.25, 0.3) is 0 Å². The molecule has 3 unspecified atom stereocenters. The van der Waals surface area contributed by atoms with Gasteiger partial charge in [0, 0.05) is 13.1 Å². The molecule has 1 saturated carbocycles. The Morgan fingerprint density at radius 1 is 1.50 bits per heavy atom. The summed E-state index contributed by atoms with van der Waals surface area (Å²) in [5.74, 6) is 0.777. The molecule has 1 amide bonds. The SMILES string of the molecule is CCCN(CC(=O)NC)C1CC(C)CCC1C#N. The topological polar surface area (TPSA) is 56.1 Å². The molecule has 0 aromatic rings. The van der Waals surface area contributed by atoms with Crippen molar-refractivity contribution in [3.05, 3.63) is 0 Å². The summed E-state index contributed by atoms with van der Waals surface area (Å²) in [7, 11) is 1.66. The number of carbonyl (C=O) groups excluding carboxylic acids is 1. The van der Waals surface area contributed by atoms with Crippen LogP contribution < -0.4 is 5.32 Å². The van der Waals surface area contributed by atoms with Crippen molar-refractivity contribution >= 4 is 5.91 Å². The fraction of sp³-hybridized carbons (Fsp3) is 0.857. The Labute approximate surface area is 110 Å². The summed E-state index contributed by atoms with van der Waals surface area (Å²) in [6.45, 7) is 5.66. The van der Waals surface area contributed by atoms with E-state index in [1.54, 1.807) is 7.05 Å².